The van der Waals surface area contributed by atoms with E-state index in [-0.39, 0.29) is 35.8 Å². The average molecular weight is 705 g/mol. The molecule has 0 spiro atoms. The smallest absolute Gasteiger partial charge is 0.196 e. The van der Waals surface area contributed by atoms with Gasteiger partial charge in [-0.15, -0.1) is 11.3 Å². The number of hydrogen-bond acceptors (Lipinski definition) is 11. The standard InChI is InChI=1S/C34H30ClFN6O4S2/c1-21(37-12-13-48(43,44)32-8-3-4-11-38-32)34-42-29(19-47-34)25-16-26-28(17-31(25)45-2)39-20-40-33(26)41-24-9-10-30(27(35)15-24)46-18-22-6-5-7-23(36)14-22/h3-11,14-17,19-21,37H,12-13,18H2,1-2H3,(H,39,40,41). The van der Waals surface area contributed by atoms with Crippen molar-refractivity contribution in [1.82, 2.24) is 25.3 Å². The summed E-state index contributed by atoms with van der Waals surface area (Å²) in [5, 5.41) is 10.5. The summed E-state index contributed by atoms with van der Waals surface area (Å²) in [4.78, 5) is 17.7. The molecule has 246 valence electrons. The van der Waals surface area contributed by atoms with Crippen LogP contribution in [-0.2, 0) is 16.4 Å². The number of anilines is 2. The summed E-state index contributed by atoms with van der Waals surface area (Å²) < 4.78 is 50.3. The lowest BCUT2D eigenvalue weighted by molar-refractivity contribution is 0.306. The number of pyridine rings is 1. The zero-order valence-electron chi connectivity index (χ0n) is 25.9. The van der Waals surface area contributed by atoms with Crippen LogP contribution in [0.1, 0.15) is 23.5 Å². The summed E-state index contributed by atoms with van der Waals surface area (Å²) in [6.07, 6.45) is 2.93. The van der Waals surface area contributed by atoms with Gasteiger partial charge in [0.15, 0.2) is 14.9 Å². The van der Waals surface area contributed by atoms with Gasteiger partial charge < -0.3 is 20.1 Å². The Morgan fingerprint density at radius 1 is 1.00 bits per heavy atom. The summed E-state index contributed by atoms with van der Waals surface area (Å²) in [5.74, 6) is 1.19. The maximum atomic E-state index is 13.5. The number of thiazole rings is 1. The van der Waals surface area contributed by atoms with Gasteiger partial charge in [-0.3, -0.25) is 0 Å². The Morgan fingerprint density at radius 2 is 1.88 bits per heavy atom. The minimum atomic E-state index is -3.50. The number of nitrogens with one attached hydrogen (secondary N) is 2. The van der Waals surface area contributed by atoms with Crippen LogP contribution in [0.3, 0.4) is 0 Å². The van der Waals surface area contributed by atoms with Crippen molar-refractivity contribution in [2.45, 2.75) is 24.6 Å². The van der Waals surface area contributed by atoms with E-state index >= 15 is 0 Å². The fourth-order valence-corrected chi connectivity index (χ4v) is 7.10. The normalized spacial score (nSPS) is 12.2. The summed E-state index contributed by atoms with van der Waals surface area (Å²) in [6.45, 7) is 2.35. The monoisotopic (exact) mass is 704 g/mol. The third-order valence-corrected chi connectivity index (χ3v) is 10.3. The molecule has 48 heavy (non-hydrogen) atoms. The number of nitrogens with zero attached hydrogens (tertiary/aromatic N) is 4. The number of halogens is 2. The van der Waals surface area contributed by atoms with E-state index in [1.54, 1.807) is 43.5 Å². The summed E-state index contributed by atoms with van der Waals surface area (Å²) in [5.41, 5.74) is 3.47. The summed E-state index contributed by atoms with van der Waals surface area (Å²) in [6, 6.07) is 19.9. The van der Waals surface area contributed by atoms with Crippen molar-refractivity contribution in [2.75, 3.05) is 24.7 Å². The maximum absolute atomic E-state index is 13.5. The van der Waals surface area contributed by atoms with Crippen LogP contribution >= 0.6 is 22.9 Å². The molecule has 0 amide bonds. The van der Waals surface area contributed by atoms with E-state index in [0.29, 0.717) is 44.8 Å². The van der Waals surface area contributed by atoms with Crippen LogP contribution in [0.5, 0.6) is 11.5 Å². The molecule has 6 aromatic rings. The number of rotatable bonds is 13. The third kappa shape index (κ3) is 7.71. The first-order valence-electron chi connectivity index (χ1n) is 14.8. The van der Waals surface area contributed by atoms with E-state index in [2.05, 4.69) is 25.6 Å². The molecule has 0 aliphatic heterocycles. The quantitative estimate of drug-likeness (QED) is 0.126. The Bertz CT molecular complexity index is 2170. The highest BCUT2D eigenvalue weighted by Crippen LogP contribution is 2.38. The fraction of sp³-hybridized carbons (Fsp3) is 0.176. The van der Waals surface area contributed by atoms with Crippen molar-refractivity contribution in [1.29, 1.82) is 0 Å². The highest BCUT2D eigenvalue weighted by molar-refractivity contribution is 7.91. The molecule has 1 atom stereocenters. The van der Waals surface area contributed by atoms with Gasteiger partial charge in [0.1, 0.15) is 41.1 Å². The van der Waals surface area contributed by atoms with E-state index in [9.17, 15) is 12.8 Å². The Kier molecular flexibility index (Phi) is 10.1. The fourth-order valence-electron chi connectivity index (χ4n) is 4.92. The zero-order valence-corrected chi connectivity index (χ0v) is 28.2. The van der Waals surface area contributed by atoms with E-state index in [4.69, 9.17) is 26.1 Å². The number of sulfone groups is 1. The molecule has 0 aliphatic carbocycles. The van der Waals surface area contributed by atoms with Gasteiger partial charge in [-0.05, 0) is 61.0 Å². The number of aromatic nitrogens is 4. The number of methoxy groups -OCH3 is 1. The number of hydrogen-bond donors (Lipinski definition) is 2. The molecule has 3 aromatic heterocycles. The predicted molar refractivity (Wildman–Crippen MR) is 185 cm³/mol. The second-order valence-corrected chi connectivity index (χ2v) is 14.1. The molecule has 14 heteroatoms. The maximum Gasteiger partial charge on any atom is 0.196 e. The molecule has 0 bridgehead atoms. The topological polar surface area (TPSA) is 128 Å². The molecular weight excluding hydrogens is 675 g/mol. The lowest BCUT2D eigenvalue weighted by atomic mass is 10.1. The lowest BCUT2D eigenvalue weighted by Gasteiger charge is -2.14. The van der Waals surface area contributed by atoms with E-state index in [1.807, 2.05) is 30.5 Å². The van der Waals surface area contributed by atoms with E-state index in [0.717, 1.165) is 16.0 Å². The minimum Gasteiger partial charge on any atom is -0.496 e. The highest BCUT2D eigenvalue weighted by Gasteiger charge is 2.19. The van der Waals surface area contributed by atoms with Gasteiger partial charge in [0.25, 0.3) is 0 Å². The molecule has 0 saturated heterocycles. The molecular formula is C34H30ClFN6O4S2. The van der Waals surface area contributed by atoms with E-state index < -0.39 is 9.84 Å². The molecule has 1 unspecified atom stereocenters. The molecule has 0 aliphatic rings. The second kappa shape index (κ2) is 14.6. The van der Waals surface area contributed by atoms with Crippen molar-refractivity contribution in [2.24, 2.45) is 0 Å². The third-order valence-electron chi connectivity index (χ3n) is 7.38. The van der Waals surface area contributed by atoms with Crippen LogP contribution in [-0.4, -0.2) is 47.8 Å². The first-order valence-corrected chi connectivity index (χ1v) is 17.7. The molecule has 2 N–H and O–H groups in total. The highest BCUT2D eigenvalue weighted by atomic mass is 35.5. The van der Waals surface area contributed by atoms with Crippen LogP contribution in [0.15, 0.2) is 95.7 Å². The van der Waals surface area contributed by atoms with Gasteiger partial charge in [-0.1, -0.05) is 29.8 Å². The van der Waals surface area contributed by atoms with Gasteiger partial charge in [0.2, 0.25) is 0 Å². The lowest BCUT2D eigenvalue weighted by Crippen LogP contribution is -2.26. The molecule has 0 fully saturated rings. The largest absolute Gasteiger partial charge is 0.496 e. The summed E-state index contributed by atoms with van der Waals surface area (Å²) >= 11 is 7.99. The molecule has 10 nitrogen and oxygen atoms in total. The van der Waals surface area contributed by atoms with Gasteiger partial charge in [0.05, 0.1) is 35.1 Å². The number of benzene rings is 3. The van der Waals surface area contributed by atoms with Crippen molar-refractivity contribution < 1.29 is 22.3 Å². The van der Waals surface area contributed by atoms with Crippen LogP contribution in [0, 0.1) is 5.82 Å². The van der Waals surface area contributed by atoms with Crippen LogP contribution < -0.4 is 20.1 Å². The molecule has 6 rings (SSSR count). The molecule has 3 heterocycles. The Hall–Kier alpha value is -4.69. The molecule has 0 radical (unpaired) electrons. The average Bonchev–Trinajstić information content (AvgIpc) is 3.58. The van der Waals surface area contributed by atoms with Gasteiger partial charge in [0, 0.05) is 40.8 Å². The Morgan fingerprint density at radius 3 is 2.65 bits per heavy atom. The summed E-state index contributed by atoms with van der Waals surface area (Å²) in [7, 11) is -1.91. The van der Waals surface area contributed by atoms with Crippen molar-refractivity contribution in [3.8, 4) is 22.8 Å². The van der Waals surface area contributed by atoms with Crippen LogP contribution in [0.25, 0.3) is 22.2 Å². The Labute approximate surface area is 285 Å². The van der Waals surface area contributed by atoms with Crippen molar-refractivity contribution in [3.05, 3.63) is 112 Å². The van der Waals surface area contributed by atoms with Crippen molar-refractivity contribution >= 4 is 55.2 Å². The first kappa shape index (κ1) is 33.2. The number of ether oxygens (including phenoxy) is 2. The zero-order chi connectivity index (χ0) is 33.7. The predicted octanol–water partition coefficient (Wildman–Crippen LogP) is 7.40. The van der Waals surface area contributed by atoms with Gasteiger partial charge >= 0.3 is 0 Å². The van der Waals surface area contributed by atoms with Crippen LogP contribution in [0.4, 0.5) is 15.9 Å². The van der Waals surface area contributed by atoms with Gasteiger partial charge in [-0.25, -0.2) is 32.7 Å². The SMILES string of the molecule is COc1cc2ncnc(Nc3ccc(OCc4cccc(F)c4)c(Cl)c3)c2cc1-c1csc(C(C)NCCS(=O)(=O)c2ccccn2)n1. The molecule has 3 aromatic carbocycles. The Balaban J connectivity index is 1.18. The van der Waals surface area contributed by atoms with Crippen LogP contribution in [0.2, 0.25) is 5.02 Å². The van der Waals surface area contributed by atoms with Gasteiger partial charge in [-0.2, -0.15) is 0 Å². The number of fused-ring (bicyclic) bond motifs is 1. The first-order chi connectivity index (χ1) is 23.2. The molecule has 0 saturated carbocycles. The second-order valence-electron chi connectivity index (χ2n) is 10.7. The minimum absolute atomic E-state index is 0.0593. The van der Waals surface area contributed by atoms with Crippen molar-refractivity contribution in [3.63, 3.8) is 0 Å². The van der Waals surface area contributed by atoms with E-state index in [1.165, 1.54) is 42.1 Å².